The summed E-state index contributed by atoms with van der Waals surface area (Å²) in [6.07, 6.45) is 3.83. The summed E-state index contributed by atoms with van der Waals surface area (Å²) in [7, 11) is 0. The number of nitrogens with one attached hydrogen (secondary N) is 2. The number of ether oxygens (including phenoxy) is 1. The summed E-state index contributed by atoms with van der Waals surface area (Å²) in [6.45, 7) is 2.65. The van der Waals surface area contributed by atoms with E-state index in [0.717, 1.165) is 12.0 Å². The van der Waals surface area contributed by atoms with Gasteiger partial charge in [-0.25, -0.2) is 9.89 Å². The Morgan fingerprint density at radius 1 is 1.52 bits per heavy atom. The van der Waals surface area contributed by atoms with Crippen LogP contribution in [0.4, 0.5) is 5.82 Å². The fraction of sp³-hybridized carbons (Fsp3) is 0.231. The van der Waals surface area contributed by atoms with Crippen LogP contribution >= 0.6 is 11.6 Å². The van der Waals surface area contributed by atoms with Crippen molar-refractivity contribution in [2.45, 2.75) is 13.3 Å². The first-order valence-corrected chi connectivity index (χ1v) is 6.70. The van der Waals surface area contributed by atoms with Gasteiger partial charge in [0.1, 0.15) is 5.75 Å². The molecule has 2 aromatic rings. The Balaban J connectivity index is 2.01. The highest BCUT2D eigenvalue weighted by Gasteiger charge is 2.01. The Bertz CT molecular complexity index is 686. The smallest absolute Gasteiger partial charge is 0.363 e. The predicted molar refractivity (Wildman–Crippen MR) is 81.1 cm³/mol. The van der Waals surface area contributed by atoms with Crippen LogP contribution < -0.4 is 15.9 Å². The number of hydrogen-bond donors (Lipinski definition) is 2. The average Bonchev–Trinajstić information content (AvgIpc) is 2.46. The van der Waals surface area contributed by atoms with Crippen LogP contribution in [0.5, 0.6) is 5.75 Å². The number of rotatable bonds is 6. The molecule has 110 valence electrons. The van der Waals surface area contributed by atoms with Crippen LogP contribution in [-0.2, 0) is 0 Å². The predicted octanol–water partition coefficient (Wildman–Crippen LogP) is 2.05. The second-order valence-electron chi connectivity index (χ2n) is 4.08. The first-order chi connectivity index (χ1) is 10.2. The van der Waals surface area contributed by atoms with E-state index in [1.165, 1.54) is 6.20 Å². The zero-order chi connectivity index (χ0) is 15.1. The molecular weight excluding hydrogens is 294 g/mol. The van der Waals surface area contributed by atoms with Crippen molar-refractivity contribution in [2.24, 2.45) is 5.10 Å². The molecule has 0 atom stereocenters. The standard InChI is InChI=1S/C13H14ClN5O2/c1-2-5-21-11-4-3-9(6-10(11)14)7-15-18-12-8-16-19-13(20)17-12/h3-4,6-8H,2,5H2,1H3,(H2,17,18,19,20)/b15-7+. The topological polar surface area (TPSA) is 92.3 Å². The molecule has 0 saturated heterocycles. The molecule has 1 heterocycles. The minimum absolute atomic E-state index is 0.254. The average molecular weight is 308 g/mol. The molecule has 0 saturated carbocycles. The Kier molecular flexibility index (Phi) is 5.28. The summed E-state index contributed by atoms with van der Waals surface area (Å²) in [5.74, 6) is 0.896. The van der Waals surface area contributed by atoms with Crippen molar-refractivity contribution in [1.29, 1.82) is 0 Å². The van der Waals surface area contributed by atoms with Gasteiger partial charge in [0.15, 0.2) is 5.82 Å². The van der Waals surface area contributed by atoms with Crippen molar-refractivity contribution in [3.63, 3.8) is 0 Å². The molecule has 2 N–H and O–H groups in total. The van der Waals surface area contributed by atoms with Crippen molar-refractivity contribution in [3.05, 3.63) is 45.5 Å². The molecule has 7 nitrogen and oxygen atoms in total. The van der Waals surface area contributed by atoms with Gasteiger partial charge in [-0.3, -0.25) is 5.43 Å². The quantitative estimate of drug-likeness (QED) is 0.629. The van der Waals surface area contributed by atoms with Gasteiger partial charge in [-0.1, -0.05) is 18.5 Å². The molecule has 2 rings (SSSR count). The van der Waals surface area contributed by atoms with Crippen LogP contribution in [0.3, 0.4) is 0 Å². The van der Waals surface area contributed by atoms with Crippen molar-refractivity contribution >= 4 is 23.6 Å². The van der Waals surface area contributed by atoms with E-state index in [0.29, 0.717) is 17.4 Å². The second-order valence-corrected chi connectivity index (χ2v) is 4.49. The van der Waals surface area contributed by atoms with Crippen LogP contribution in [0, 0.1) is 0 Å². The number of benzene rings is 1. The molecule has 0 unspecified atom stereocenters. The van der Waals surface area contributed by atoms with E-state index < -0.39 is 5.69 Å². The van der Waals surface area contributed by atoms with Gasteiger partial charge in [-0.15, -0.1) is 0 Å². The minimum atomic E-state index is -0.546. The lowest BCUT2D eigenvalue weighted by atomic mass is 10.2. The largest absolute Gasteiger partial charge is 0.492 e. The molecule has 21 heavy (non-hydrogen) atoms. The Labute approximate surface area is 126 Å². The molecule has 0 aliphatic carbocycles. The lowest BCUT2D eigenvalue weighted by Crippen LogP contribution is -2.13. The van der Waals surface area contributed by atoms with E-state index in [2.05, 4.69) is 25.7 Å². The van der Waals surface area contributed by atoms with Crippen LogP contribution in [-0.4, -0.2) is 28.0 Å². The van der Waals surface area contributed by atoms with Gasteiger partial charge < -0.3 is 4.74 Å². The maximum absolute atomic E-state index is 10.9. The third kappa shape index (κ3) is 4.57. The van der Waals surface area contributed by atoms with E-state index in [1.807, 2.05) is 13.0 Å². The first-order valence-electron chi connectivity index (χ1n) is 6.32. The highest BCUT2D eigenvalue weighted by molar-refractivity contribution is 6.32. The van der Waals surface area contributed by atoms with E-state index >= 15 is 0 Å². The zero-order valence-corrected chi connectivity index (χ0v) is 12.1. The summed E-state index contributed by atoms with van der Waals surface area (Å²) in [6, 6.07) is 5.35. The molecule has 0 bridgehead atoms. The number of hydrazone groups is 1. The van der Waals surface area contributed by atoms with Crippen LogP contribution in [0.15, 0.2) is 34.3 Å². The van der Waals surface area contributed by atoms with E-state index in [-0.39, 0.29) is 5.82 Å². The van der Waals surface area contributed by atoms with Crippen LogP contribution in [0.2, 0.25) is 5.02 Å². The second kappa shape index (κ2) is 7.39. The molecule has 0 amide bonds. The fourth-order valence-electron chi connectivity index (χ4n) is 1.47. The summed E-state index contributed by atoms with van der Waals surface area (Å²) in [5, 5.41) is 10.2. The van der Waals surface area contributed by atoms with Crippen molar-refractivity contribution < 1.29 is 4.74 Å². The lowest BCUT2D eigenvalue weighted by molar-refractivity contribution is 0.317. The monoisotopic (exact) mass is 307 g/mol. The Morgan fingerprint density at radius 2 is 2.38 bits per heavy atom. The third-order valence-corrected chi connectivity index (χ3v) is 2.67. The molecule has 0 spiro atoms. The fourth-order valence-corrected chi connectivity index (χ4v) is 1.71. The van der Waals surface area contributed by atoms with Crippen molar-refractivity contribution in [3.8, 4) is 5.75 Å². The zero-order valence-electron chi connectivity index (χ0n) is 11.3. The van der Waals surface area contributed by atoms with Gasteiger partial charge in [0.25, 0.3) is 0 Å². The highest BCUT2D eigenvalue weighted by Crippen LogP contribution is 2.25. The number of hydrogen-bond acceptors (Lipinski definition) is 6. The Morgan fingerprint density at radius 3 is 3.10 bits per heavy atom. The van der Waals surface area contributed by atoms with Crippen molar-refractivity contribution in [2.75, 3.05) is 12.0 Å². The summed E-state index contributed by atoms with van der Waals surface area (Å²) >= 11 is 6.11. The van der Waals surface area contributed by atoms with Gasteiger partial charge in [-0.2, -0.15) is 15.2 Å². The number of anilines is 1. The number of aromatic nitrogens is 3. The third-order valence-electron chi connectivity index (χ3n) is 2.38. The molecular formula is C13H14ClN5O2. The van der Waals surface area contributed by atoms with E-state index in [1.54, 1.807) is 18.3 Å². The highest BCUT2D eigenvalue weighted by atomic mass is 35.5. The summed E-state index contributed by atoms with van der Waals surface area (Å²) < 4.78 is 5.48. The maximum Gasteiger partial charge on any atom is 0.363 e. The van der Waals surface area contributed by atoms with Gasteiger partial charge in [0.05, 0.1) is 24.0 Å². The molecule has 0 radical (unpaired) electrons. The number of halogens is 1. The van der Waals surface area contributed by atoms with Gasteiger partial charge in [0, 0.05) is 0 Å². The SMILES string of the molecule is CCCOc1ccc(/C=N/Nc2cn[nH]c(=O)n2)cc1Cl. The maximum atomic E-state index is 10.9. The molecule has 0 aliphatic heterocycles. The van der Waals surface area contributed by atoms with E-state index in [9.17, 15) is 4.79 Å². The lowest BCUT2D eigenvalue weighted by Gasteiger charge is -2.06. The van der Waals surface area contributed by atoms with E-state index in [4.69, 9.17) is 16.3 Å². The molecule has 1 aromatic heterocycles. The molecule has 1 aromatic carbocycles. The van der Waals surface area contributed by atoms with Crippen molar-refractivity contribution in [1.82, 2.24) is 15.2 Å². The summed E-state index contributed by atoms with van der Waals surface area (Å²) in [5.41, 5.74) is 2.84. The first kappa shape index (κ1) is 15.0. The number of H-pyrrole nitrogens is 1. The number of aromatic amines is 1. The molecule has 0 aliphatic rings. The normalized spacial score (nSPS) is 10.8. The summed E-state index contributed by atoms with van der Waals surface area (Å²) in [4.78, 5) is 14.6. The van der Waals surface area contributed by atoms with Gasteiger partial charge in [-0.05, 0) is 30.2 Å². The molecule has 8 heteroatoms. The van der Waals surface area contributed by atoms with Crippen LogP contribution in [0.25, 0.3) is 0 Å². The van der Waals surface area contributed by atoms with Gasteiger partial charge in [0.2, 0.25) is 0 Å². The minimum Gasteiger partial charge on any atom is -0.492 e. The van der Waals surface area contributed by atoms with Gasteiger partial charge >= 0.3 is 5.69 Å². The van der Waals surface area contributed by atoms with Crippen LogP contribution in [0.1, 0.15) is 18.9 Å². The Hall–Kier alpha value is -2.41. The number of nitrogens with zero attached hydrogens (tertiary/aromatic N) is 3. The molecule has 0 fully saturated rings.